The molecule has 24 heavy (non-hydrogen) atoms. The molecule has 2 amide bonds. The molecule has 3 rings (SSSR count). The molecule has 1 aliphatic rings. The summed E-state index contributed by atoms with van der Waals surface area (Å²) in [5.41, 5.74) is 1.79. The molecule has 0 aliphatic carbocycles. The Hall–Kier alpha value is -2.93. The van der Waals surface area contributed by atoms with Crippen LogP contribution in [0.15, 0.2) is 53.4 Å². The third-order valence-electron chi connectivity index (χ3n) is 3.53. The van der Waals surface area contributed by atoms with Crippen LogP contribution in [0.5, 0.6) is 0 Å². The fraction of sp³-hybridized carbons (Fsp3) is 0.0588. The zero-order valence-corrected chi connectivity index (χ0v) is 13.4. The number of hydrogen-bond acceptors (Lipinski definition) is 5. The van der Waals surface area contributed by atoms with Crippen LogP contribution in [0.2, 0.25) is 0 Å². The SMILES string of the molecule is Cc1ccccc1N1C(=O)SC(=Cc2cccc([N+](=O)[O-])c2)C1=O. The summed E-state index contributed by atoms with van der Waals surface area (Å²) < 4.78 is 0. The number of carbonyl (C=O) groups excluding carboxylic acids is 2. The Morgan fingerprint density at radius 2 is 1.88 bits per heavy atom. The minimum absolute atomic E-state index is 0.0677. The van der Waals surface area contributed by atoms with Gasteiger partial charge < -0.3 is 0 Å². The predicted molar refractivity (Wildman–Crippen MR) is 92.7 cm³/mol. The highest BCUT2D eigenvalue weighted by molar-refractivity contribution is 8.19. The van der Waals surface area contributed by atoms with Crippen molar-refractivity contribution in [1.29, 1.82) is 0 Å². The molecule has 1 aliphatic heterocycles. The second-order valence-corrected chi connectivity index (χ2v) is 6.15. The zero-order chi connectivity index (χ0) is 17.3. The van der Waals surface area contributed by atoms with E-state index in [1.807, 2.05) is 19.1 Å². The number of anilines is 1. The first-order valence-electron chi connectivity index (χ1n) is 7.05. The summed E-state index contributed by atoms with van der Waals surface area (Å²) in [7, 11) is 0. The number of thioether (sulfide) groups is 1. The lowest BCUT2D eigenvalue weighted by atomic mass is 10.1. The first-order chi connectivity index (χ1) is 11.5. The molecule has 0 aromatic heterocycles. The van der Waals surface area contributed by atoms with Crippen LogP contribution in [0.25, 0.3) is 6.08 Å². The highest BCUT2D eigenvalue weighted by Gasteiger charge is 2.36. The van der Waals surface area contributed by atoms with E-state index in [0.717, 1.165) is 22.2 Å². The second kappa shape index (κ2) is 6.29. The minimum atomic E-state index is -0.504. The largest absolute Gasteiger partial charge is 0.298 e. The average molecular weight is 340 g/mol. The number of rotatable bonds is 3. The molecule has 1 fully saturated rings. The van der Waals surface area contributed by atoms with Crippen molar-refractivity contribution in [2.45, 2.75) is 6.92 Å². The molecule has 7 heteroatoms. The van der Waals surface area contributed by atoms with E-state index in [4.69, 9.17) is 0 Å². The summed E-state index contributed by atoms with van der Waals surface area (Å²) >= 11 is 0.823. The normalized spacial score (nSPS) is 16.0. The first-order valence-corrected chi connectivity index (χ1v) is 7.87. The van der Waals surface area contributed by atoms with Gasteiger partial charge in [-0.1, -0.05) is 30.3 Å². The summed E-state index contributed by atoms with van der Waals surface area (Å²) in [6.07, 6.45) is 1.50. The van der Waals surface area contributed by atoms with Gasteiger partial charge in [-0.3, -0.25) is 19.7 Å². The van der Waals surface area contributed by atoms with Crippen molar-refractivity contribution in [3.63, 3.8) is 0 Å². The Kier molecular flexibility index (Phi) is 4.18. The molecular formula is C17H12N2O4S. The van der Waals surface area contributed by atoms with Gasteiger partial charge >= 0.3 is 0 Å². The molecule has 0 N–H and O–H groups in total. The maximum absolute atomic E-state index is 12.6. The van der Waals surface area contributed by atoms with E-state index < -0.39 is 10.8 Å². The lowest BCUT2D eigenvalue weighted by molar-refractivity contribution is -0.384. The maximum atomic E-state index is 12.6. The molecule has 0 atom stereocenters. The quantitative estimate of drug-likeness (QED) is 0.476. The van der Waals surface area contributed by atoms with E-state index in [9.17, 15) is 19.7 Å². The van der Waals surface area contributed by atoms with Crippen LogP contribution in [0.1, 0.15) is 11.1 Å². The van der Waals surface area contributed by atoms with Gasteiger partial charge in [0.2, 0.25) is 0 Å². The number of nitrogens with zero attached hydrogens (tertiary/aromatic N) is 2. The predicted octanol–water partition coefficient (Wildman–Crippen LogP) is 4.14. The Balaban J connectivity index is 1.96. The van der Waals surface area contributed by atoms with E-state index in [1.165, 1.54) is 24.3 Å². The van der Waals surface area contributed by atoms with E-state index in [0.29, 0.717) is 11.3 Å². The zero-order valence-electron chi connectivity index (χ0n) is 12.6. The number of nitro groups is 1. The molecule has 120 valence electrons. The highest BCUT2D eigenvalue weighted by Crippen LogP contribution is 2.37. The average Bonchev–Trinajstić information content (AvgIpc) is 2.82. The number of para-hydroxylation sites is 1. The smallest absolute Gasteiger partial charge is 0.268 e. The summed E-state index contributed by atoms with van der Waals surface area (Å²) in [4.78, 5) is 36.5. The summed E-state index contributed by atoms with van der Waals surface area (Å²) in [6, 6.07) is 13.0. The molecule has 6 nitrogen and oxygen atoms in total. The number of hydrogen-bond donors (Lipinski definition) is 0. The van der Waals surface area contributed by atoms with Crippen LogP contribution in [0, 0.1) is 17.0 Å². The van der Waals surface area contributed by atoms with Gasteiger partial charge in [0.15, 0.2) is 0 Å². The van der Waals surface area contributed by atoms with Gasteiger partial charge in [-0.05, 0) is 42.0 Å². The first kappa shape index (κ1) is 15.9. The molecule has 0 saturated carbocycles. The van der Waals surface area contributed by atoms with Gasteiger partial charge in [0.25, 0.3) is 16.8 Å². The van der Waals surface area contributed by atoms with Crippen molar-refractivity contribution >= 4 is 40.4 Å². The molecule has 1 saturated heterocycles. The van der Waals surface area contributed by atoms with Gasteiger partial charge in [-0.25, -0.2) is 4.90 Å². The summed E-state index contributed by atoms with van der Waals surface area (Å²) in [6.45, 7) is 1.82. The fourth-order valence-corrected chi connectivity index (χ4v) is 3.20. The number of carbonyl (C=O) groups is 2. The lowest BCUT2D eigenvalue weighted by Crippen LogP contribution is -2.28. The van der Waals surface area contributed by atoms with Gasteiger partial charge in [0.1, 0.15) is 0 Å². The Morgan fingerprint density at radius 3 is 2.58 bits per heavy atom. The van der Waals surface area contributed by atoms with E-state index in [2.05, 4.69) is 0 Å². The number of benzene rings is 2. The van der Waals surface area contributed by atoms with Crippen molar-refractivity contribution in [3.05, 3.63) is 74.7 Å². The number of amides is 2. The van der Waals surface area contributed by atoms with Crippen LogP contribution in [-0.2, 0) is 4.79 Å². The van der Waals surface area contributed by atoms with Gasteiger partial charge in [0, 0.05) is 12.1 Å². The molecular weight excluding hydrogens is 328 g/mol. The molecule has 2 aromatic rings. The molecule has 0 radical (unpaired) electrons. The van der Waals surface area contributed by atoms with Crippen molar-refractivity contribution in [3.8, 4) is 0 Å². The van der Waals surface area contributed by atoms with Crippen LogP contribution < -0.4 is 4.90 Å². The van der Waals surface area contributed by atoms with E-state index in [1.54, 1.807) is 18.2 Å². The second-order valence-electron chi connectivity index (χ2n) is 5.16. The Bertz CT molecular complexity index is 892. The maximum Gasteiger partial charge on any atom is 0.298 e. The van der Waals surface area contributed by atoms with Gasteiger partial charge in [-0.15, -0.1) is 0 Å². The summed E-state index contributed by atoms with van der Waals surface area (Å²) in [5.74, 6) is -0.425. The summed E-state index contributed by atoms with van der Waals surface area (Å²) in [5, 5.41) is 10.4. The fourth-order valence-electron chi connectivity index (χ4n) is 2.37. The third kappa shape index (κ3) is 2.93. The standard InChI is InChI=1S/C17H12N2O4S/c1-11-5-2-3-8-14(11)18-16(20)15(24-17(18)21)10-12-6-4-7-13(9-12)19(22)23/h2-10H,1H3. The molecule has 0 spiro atoms. The number of aryl methyl sites for hydroxylation is 1. The number of imide groups is 1. The van der Waals surface area contributed by atoms with Crippen LogP contribution >= 0.6 is 11.8 Å². The molecule has 1 heterocycles. The minimum Gasteiger partial charge on any atom is -0.268 e. The van der Waals surface area contributed by atoms with Crippen LogP contribution in [-0.4, -0.2) is 16.1 Å². The number of non-ortho nitro benzene ring substituents is 1. The number of nitro benzene ring substituents is 1. The van der Waals surface area contributed by atoms with Crippen molar-refractivity contribution in [2.75, 3.05) is 4.90 Å². The van der Waals surface area contributed by atoms with E-state index >= 15 is 0 Å². The highest BCUT2D eigenvalue weighted by atomic mass is 32.2. The topological polar surface area (TPSA) is 80.5 Å². The molecule has 0 bridgehead atoms. The Labute approximate surface area is 141 Å². The molecule has 2 aromatic carbocycles. The van der Waals surface area contributed by atoms with E-state index in [-0.39, 0.29) is 15.8 Å². The van der Waals surface area contributed by atoms with Crippen molar-refractivity contribution < 1.29 is 14.5 Å². The third-order valence-corrected chi connectivity index (χ3v) is 4.40. The Morgan fingerprint density at radius 1 is 1.12 bits per heavy atom. The van der Waals surface area contributed by atoms with Crippen molar-refractivity contribution in [2.24, 2.45) is 0 Å². The van der Waals surface area contributed by atoms with Crippen LogP contribution in [0.3, 0.4) is 0 Å². The van der Waals surface area contributed by atoms with Gasteiger partial charge in [-0.2, -0.15) is 0 Å². The van der Waals surface area contributed by atoms with Gasteiger partial charge in [0.05, 0.1) is 15.5 Å². The molecule has 0 unspecified atom stereocenters. The monoisotopic (exact) mass is 340 g/mol. The lowest BCUT2D eigenvalue weighted by Gasteiger charge is -2.14. The van der Waals surface area contributed by atoms with Crippen molar-refractivity contribution in [1.82, 2.24) is 0 Å². The van der Waals surface area contributed by atoms with Crippen LogP contribution in [0.4, 0.5) is 16.2 Å².